The van der Waals surface area contributed by atoms with Crippen LogP contribution in [0.4, 0.5) is 5.69 Å². The summed E-state index contributed by atoms with van der Waals surface area (Å²) in [6.45, 7) is 0. The molecule has 0 aliphatic rings. The summed E-state index contributed by atoms with van der Waals surface area (Å²) in [7, 11) is 1.62. The molecule has 21 heavy (non-hydrogen) atoms. The van der Waals surface area contributed by atoms with E-state index >= 15 is 0 Å². The molecule has 0 saturated heterocycles. The summed E-state index contributed by atoms with van der Waals surface area (Å²) >= 11 is 1.38. The van der Waals surface area contributed by atoms with E-state index in [1.165, 1.54) is 11.3 Å². The maximum atomic E-state index is 11.9. The fourth-order valence-electron chi connectivity index (χ4n) is 1.87. The smallest absolute Gasteiger partial charge is 0.321 e. The molecule has 0 spiro atoms. The second-order valence-corrected chi connectivity index (χ2v) is 5.46. The summed E-state index contributed by atoms with van der Waals surface area (Å²) in [6, 6.07) is 10.2. The first-order valence-corrected chi connectivity index (χ1v) is 7.32. The maximum Gasteiger partial charge on any atom is 0.321 e. The van der Waals surface area contributed by atoms with E-state index < -0.39 is 12.0 Å². The number of carbonyl (C=O) groups excluding carboxylic acids is 1. The fourth-order valence-corrected chi connectivity index (χ4v) is 2.49. The summed E-state index contributed by atoms with van der Waals surface area (Å²) in [5.74, 6) is -1.02. The normalized spacial score (nSPS) is 11.9. The van der Waals surface area contributed by atoms with Crippen molar-refractivity contribution in [3.05, 3.63) is 52.2 Å². The fraction of sp³-hybridized carbons (Fsp3) is 0.200. The van der Waals surface area contributed by atoms with Gasteiger partial charge in [-0.15, -0.1) is 11.3 Å². The van der Waals surface area contributed by atoms with E-state index in [9.17, 15) is 9.59 Å². The average molecular weight is 304 g/mol. The molecule has 1 aromatic heterocycles. The van der Waals surface area contributed by atoms with Gasteiger partial charge in [-0.1, -0.05) is 18.2 Å². The van der Waals surface area contributed by atoms with Crippen molar-refractivity contribution >= 4 is 28.9 Å². The molecule has 6 heteroatoms. The zero-order valence-corrected chi connectivity index (χ0v) is 12.3. The molecule has 0 radical (unpaired) electrons. The SMILES string of the molecule is CN[C@@H](Cc1ccc(NC(=O)c2cccs2)cc1)C(=O)O. The Morgan fingerprint density at radius 2 is 1.95 bits per heavy atom. The lowest BCUT2D eigenvalue weighted by Gasteiger charge is -2.11. The van der Waals surface area contributed by atoms with Crippen molar-refractivity contribution in [2.75, 3.05) is 12.4 Å². The minimum atomic E-state index is -0.882. The van der Waals surface area contributed by atoms with Crippen LogP contribution in [-0.2, 0) is 11.2 Å². The van der Waals surface area contributed by atoms with Crippen molar-refractivity contribution < 1.29 is 14.7 Å². The van der Waals surface area contributed by atoms with Gasteiger partial charge in [0.15, 0.2) is 0 Å². The van der Waals surface area contributed by atoms with E-state index in [2.05, 4.69) is 10.6 Å². The summed E-state index contributed by atoms with van der Waals surface area (Å²) in [6.07, 6.45) is 0.394. The van der Waals surface area contributed by atoms with E-state index in [0.717, 1.165) is 5.56 Å². The number of carboxylic acid groups (broad SMARTS) is 1. The zero-order valence-electron chi connectivity index (χ0n) is 11.5. The van der Waals surface area contributed by atoms with Crippen LogP contribution in [0.15, 0.2) is 41.8 Å². The molecule has 0 aliphatic heterocycles. The predicted molar refractivity (Wildman–Crippen MR) is 82.9 cm³/mol. The van der Waals surface area contributed by atoms with Crippen LogP contribution in [0.5, 0.6) is 0 Å². The Morgan fingerprint density at radius 3 is 2.48 bits per heavy atom. The topological polar surface area (TPSA) is 78.4 Å². The van der Waals surface area contributed by atoms with Gasteiger partial charge in [0.1, 0.15) is 6.04 Å². The van der Waals surface area contributed by atoms with E-state index in [0.29, 0.717) is 17.0 Å². The number of anilines is 1. The van der Waals surface area contributed by atoms with Gasteiger partial charge in [-0.3, -0.25) is 9.59 Å². The lowest BCUT2D eigenvalue weighted by atomic mass is 10.1. The second kappa shape index (κ2) is 7.01. The first-order valence-electron chi connectivity index (χ1n) is 6.44. The number of hydrogen-bond acceptors (Lipinski definition) is 4. The summed E-state index contributed by atoms with van der Waals surface area (Å²) in [4.78, 5) is 23.5. The standard InChI is InChI=1S/C15H16N2O3S/c1-16-12(15(19)20)9-10-4-6-11(7-5-10)17-14(18)13-3-2-8-21-13/h2-8,12,16H,9H2,1H3,(H,17,18)(H,19,20)/t12-/m0/s1. The van der Waals surface area contributed by atoms with Crippen molar-refractivity contribution in [3.8, 4) is 0 Å². The van der Waals surface area contributed by atoms with E-state index in [1.54, 1.807) is 25.2 Å². The van der Waals surface area contributed by atoms with E-state index in [-0.39, 0.29) is 5.91 Å². The van der Waals surface area contributed by atoms with Crippen LogP contribution in [0.2, 0.25) is 0 Å². The Kier molecular flexibility index (Phi) is 5.08. The molecular formula is C15H16N2O3S. The number of aliphatic carboxylic acids is 1. The number of benzene rings is 1. The molecule has 2 rings (SSSR count). The van der Waals surface area contributed by atoms with Crippen LogP contribution in [0, 0.1) is 0 Å². The highest BCUT2D eigenvalue weighted by Crippen LogP contribution is 2.15. The van der Waals surface area contributed by atoms with Gasteiger partial charge in [0.2, 0.25) is 0 Å². The van der Waals surface area contributed by atoms with Gasteiger partial charge in [-0.05, 0) is 42.6 Å². The lowest BCUT2D eigenvalue weighted by Crippen LogP contribution is -2.35. The highest BCUT2D eigenvalue weighted by atomic mass is 32.1. The third-order valence-electron chi connectivity index (χ3n) is 3.04. The van der Waals surface area contributed by atoms with Gasteiger partial charge in [0.25, 0.3) is 5.91 Å². The molecule has 110 valence electrons. The third-order valence-corrected chi connectivity index (χ3v) is 3.91. The average Bonchev–Trinajstić information content (AvgIpc) is 3.00. The molecular weight excluding hydrogens is 288 g/mol. The van der Waals surface area contributed by atoms with E-state index in [1.807, 2.05) is 23.6 Å². The largest absolute Gasteiger partial charge is 0.480 e. The Labute approximate surface area is 126 Å². The summed E-state index contributed by atoms with van der Waals surface area (Å²) in [5.41, 5.74) is 1.58. The van der Waals surface area contributed by atoms with Crippen LogP contribution >= 0.6 is 11.3 Å². The van der Waals surface area contributed by atoms with Crippen LogP contribution < -0.4 is 10.6 Å². The van der Waals surface area contributed by atoms with Crippen LogP contribution in [0.25, 0.3) is 0 Å². The summed E-state index contributed by atoms with van der Waals surface area (Å²) in [5, 5.41) is 16.4. The number of carbonyl (C=O) groups is 2. The maximum absolute atomic E-state index is 11.9. The Hall–Kier alpha value is -2.18. The monoisotopic (exact) mass is 304 g/mol. The van der Waals surface area contributed by atoms with Crippen LogP contribution in [0.1, 0.15) is 15.2 Å². The Bertz CT molecular complexity index is 608. The van der Waals surface area contributed by atoms with E-state index in [4.69, 9.17) is 5.11 Å². The van der Waals surface area contributed by atoms with Crippen LogP contribution in [-0.4, -0.2) is 30.1 Å². The Morgan fingerprint density at radius 1 is 1.24 bits per heavy atom. The van der Waals surface area contributed by atoms with Gasteiger partial charge < -0.3 is 15.7 Å². The molecule has 3 N–H and O–H groups in total. The highest BCUT2D eigenvalue weighted by Gasteiger charge is 2.15. The van der Waals surface area contributed by atoms with Crippen molar-refractivity contribution in [1.82, 2.24) is 5.32 Å². The molecule has 0 aliphatic carbocycles. The molecule has 2 aromatic rings. The number of hydrogen-bond donors (Lipinski definition) is 3. The molecule has 0 saturated carbocycles. The number of likely N-dealkylation sites (N-methyl/N-ethyl adjacent to an activating group) is 1. The van der Waals surface area contributed by atoms with Gasteiger partial charge >= 0.3 is 5.97 Å². The number of nitrogens with one attached hydrogen (secondary N) is 2. The lowest BCUT2D eigenvalue weighted by molar-refractivity contribution is -0.139. The molecule has 0 bridgehead atoms. The molecule has 5 nitrogen and oxygen atoms in total. The zero-order chi connectivity index (χ0) is 15.2. The minimum Gasteiger partial charge on any atom is -0.480 e. The molecule has 1 aromatic carbocycles. The Balaban J connectivity index is 1.99. The van der Waals surface area contributed by atoms with Gasteiger partial charge in [-0.25, -0.2) is 0 Å². The van der Waals surface area contributed by atoms with Crippen molar-refractivity contribution in [2.24, 2.45) is 0 Å². The quantitative estimate of drug-likeness (QED) is 0.764. The van der Waals surface area contributed by atoms with Gasteiger partial charge in [0, 0.05) is 5.69 Å². The first kappa shape index (κ1) is 15.2. The number of amides is 1. The van der Waals surface area contributed by atoms with Crippen LogP contribution in [0.3, 0.4) is 0 Å². The molecule has 0 fully saturated rings. The molecule has 0 unspecified atom stereocenters. The second-order valence-electron chi connectivity index (χ2n) is 4.51. The number of rotatable bonds is 6. The third kappa shape index (κ3) is 4.14. The van der Waals surface area contributed by atoms with Crippen molar-refractivity contribution in [1.29, 1.82) is 0 Å². The molecule has 1 heterocycles. The van der Waals surface area contributed by atoms with Crippen molar-refractivity contribution in [2.45, 2.75) is 12.5 Å². The van der Waals surface area contributed by atoms with Gasteiger partial charge in [0.05, 0.1) is 4.88 Å². The predicted octanol–water partition coefficient (Wildman–Crippen LogP) is 2.22. The minimum absolute atomic E-state index is 0.142. The molecule has 1 amide bonds. The number of thiophene rings is 1. The van der Waals surface area contributed by atoms with Gasteiger partial charge in [-0.2, -0.15) is 0 Å². The van der Waals surface area contributed by atoms with Crippen molar-refractivity contribution in [3.63, 3.8) is 0 Å². The highest BCUT2D eigenvalue weighted by molar-refractivity contribution is 7.12. The molecule has 1 atom stereocenters. The summed E-state index contributed by atoms with van der Waals surface area (Å²) < 4.78 is 0. The first-order chi connectivity index (χ1) is 10.1. The number of carboxylic acids is 1.